The Balaban J connectivity index is 2.19. The van der Waals surface area contributed by atoms with Crippen molar-refractivity contribution in [3.05, 3.63) is 23.8 Å². The molecular weight excluding hydrogens is 228 g/mol. The number of anilines is 1. The van der Waals surface area contributed by atoms with Crippen LogP contribution in [0, 0.1) is 0 Å². The summed E-state index contributed by atoms with van der Waals surface area (Å²) >= 11 is 0. The number of amides is 1. The van der Waals surface area contributed by atoms with Crippen molar-refractivity contribution in [2.75, 3.05) is 5.73 Å². The average molecular weight is 244 g/mol. The summed E-state index contributed by atoms with van der Waals surface area (Å²) in [5, 5.41) is 0. The number of hydrogen-bond acceptors (Lipinski definition) is 3. The van der Waals surface area contributed by atoms with Crippen LogP contribution in [0.25, 0.3) is 11.0 Å². The van der Waals surface area contributed by atoms with Gasteiger partial charge in [0.05, 0.1) is 11.0 Å². The Morgan fingerprint density at radius 1 is 1.33 bits per heavy atom. The topological polar surface area (TPSA) is 86.9 Å². The number of carbonyl (C=O) groups is 1. The minimum absolute atomic E-state index is 0.401. The predicted molar refractivity (Wildman–Crippen MR) is 70.2 cm³/mol. The molecule has 5 nitrogen and oxygen atoms in total. The second-order valence-corrected chi connectivity index (χ2v) is 4.85. The van der Waals surface area contributed by atoms with Crippen LogP contribution in [0.1, 0.15) is 42.1 Å². The molecule has 2 aromatic rings. The number of hydrogen-bond donors (Lipinski definition) is 2. The van der Waals surface area contributed by atoms with Gasteiger partial charge in [-0.1, -0.05) is 12.8 Å². The summed E-state index contributed by atoms with van der Waals surface area (Å²) in [7, 11) is 0. The summed E-state index contributed by atoms with van der Waals surface area (Å²) in [5.74, 6) is 0.105. The fourth-order valence-electron chi connectivity index (χ4n) is 2.81. The van der Waals surface area contributed by atoms with E-state index in [-0.39, 0.29) is 0 Å². The van der Waals surface area contributed by atoms with Crippen molar-refractivity contribution in [2.24, 2.45) is 5.73 Å². The van der Waals surface area contributed by atoms with Crippen molar-refractivity contribution < 1.29 is 4.79 Å². The van der Waals surface area contributed by atoms with Crippen LogP contribution < -0.4 is 11.5 Å². The first-order valence-electron chi connectivity index (χ1n) is 6.24. The number of rotatable bonds is 2. The van der Waals surface area contributed by atoms with Gasteiger partial charge in [0.25, 0.3) is 0 Å². The lowest BCUT2D eigenvalue weighted by atomic mass is 10.1. The maximum atomic E-state index is 11.2. The number of benzene rings is 1. The number of fused-ring (bicyclic) bond motifs is 1. The highest BCUT2D eigenvalue weighted by Crippen LogP contribution is 2.34. The Bertz CT molecular complexity index is 611. The van der Waals surface area contributed by atoms with E-state index in [1.807, 2.05) is 0 Å². The molecule has 1 fully saturated rings. The fraction of sp³-hybridized carbons (Fsp3) is 0.385. The van der Waals surface area contributed by atoms with Crippen LogP contribution in [0.5, 0.6) is 0 Å². The van der Waals surface area contributed by atoms with Crippen molar-refractivity contribution in [1.82, 2.24) is 9.55 Å². The molecule has 0 bridgehead atoms. The summed E-state index contributed by atoms with van der Waals surface area (Å²) in [5.41, 5.74) is 13.5. The van der Waals surface area contributed by atoms with Crippen LogP contribution in [0.4, 0.5) is 5.95 Å². The maximum Gasteiger partial charge on any atom is 0.248 e. The van der Waals surface area contributed by atoms with Gasteiger partial charge in [-0.15, -0.1) is 0 Å². The first-order chi connectivity index (χ1) is 8.66. The molecule has 0 unspecified atom stereocenters. The van der Waals surface area contributed by atoms with Crippen molar-refractivity contribution in [3.8, 4) is 0 Å². The smallest absolute Gasteiger partial charge is 0.248 e. The third-order valence-corrected chi connectivity index (χ3v) is 3.69. The van der Waals surface area contributed by atoms with Gasteiger partial charge in [0.1, 0.15) is 0 Å². The largest absolute Gasteiger partial charge is 0.369 e. The SMILES string of the molecule is NC(=O)c1ccc2nc(N)n(C3CCCC3)c2c1. The van der Waals surface area contributed by atoms with E-state index in [4.69, 9.17) is 11.5 Å². The van der Waals surface area contributed by atoms with E-state index < -0.39 is 5.91 Å². The molecular formula is C13H16N4O. The van der Waals surface area contributed by atoms with Gasteiger partial charge >= 0.3 is 0 Å². The monoisotopic (exact) mass is 244 g/mol. The number of nitrogens with two attached hydrogens (primary N) is 2. The molecule has 1 saturated carbocycles. The molecule has 1 amide bonds. The molecule has 0 atom stereocenters. The van der Waals surface area contributed by atoms with Gasteiger partial charge in [-0.25, -0.2) is 4.98 Å². The Kier molecular flexibility index (Phi) is 2.47. The molecule has 1 aromatic carbocycles. The summed E-state index contributed by atoms with van der Waals surface area (Å²) in [6.45, 7) is 0. The number of carbonyl (C=O) groups excluding carboxylic acids is 1. The Labute approximate surface area is 105 Å². The van der Waals surface area contributed by atoms with Gasteiger partial charge < -0.3 is 16.0 Å². The van der Waals surface area contributed by atoms with Gasteiger partial charge in [-0.3, -0.25) is 4.79 Å². The number of imidazole rings is 1. The number of nitrogen functional groups attached to an aromatic ring is 1. The van der Waals surface area contributed by atoms with Crippen molar-refractivity contribution in [3.63, 3.8) is 0 Å². The molecule has 4 N–H and O–H groups in total. The molecule has 18 heavy (non-hydrogen) atoms. The van der Waals surface area contributed by atoms with Crippen LogP contribution in [0.15, 0.2) is 18.2 Å². The summed E-state index contributed by atoms with van der Waals surface area (Å²) < 4.78 is 2.05. The Hall–Kier alpha value is -2.04. The maximum absolute atomic E-state index is 11.2. The van der Waals surface area contributed by atoms with Gasteiger partial charge in [0.2, 0.25) is 11.9 Å². The van der Waals surface area contributed by atoms with Gasteiger partial charge in [-0.05, 0) is 31.0 Å². The summed E-state index contributed by atoms with van der Waals surface area (Å²) in [6.07, 6.45) is 4.69. The normalized spacial score (nSPS) is 16.4. The van der Waals surface area contributed by atoms with E-state index in [0.29, 0.717) is 17.6 Å². The zero-order valence-electron chi connectivity index (χ0n) is 10.1. The van der Waals surface area contributed by atoms with Crippen LogP contribution in [0.2, 0.25) is 0 Å². The minimum Gasteiger partial charge on any atom is -0.369 e. The first kappa shape index (κ1) is 11.1. The van der Waals surface area contributed by atoms with Gasteiger partial charge in [0.15, 0.2) is 0 Å². The second kappa shape index (κ2) is 4.01. The van der Waals surface area contributed by atoms with E-state index in [9.17, 15) is 4.79 Å². The molecule has 94 valence electrons. The lowest BCUT2D eigenvalue weighted by molar-refractivity contribution is 0.100. The van der Waals surface area contributed by atoms with Crippen LogP contribution in [0.3, 0.4) is 0 Å². The van der Waals surface area contributed by atoms with Gasteiger partial charge in [-0.2, -0.15) is 0 Å². The zero-order valence-corrected chi connectivity index (χ0v) is 10.1. The molecule has 1 aliphatic carbocycles. The molecule has 1 heterocycles. The zero-order chi connectivity index (χ0) is 12.7. The van der Waals surface area contributed by atoms with E-state index >= 15 is 0 Å². The van der Waals surface area contributed by atoms with E-state index in [2.05, 4.69) is 9.55 Å². The molecule has 3 rings (SSSR count). The second-order valence-electron chi connectivity index (χ2n) is 4.85. The number of primary amides is 1. The Morgan fingerprint density at radius 3 is 2.72 bits per heavy atom. The highest BCUT2D eigenvalue weighted by atomic mass is 16.1. The molecule has 0 radical (unpaired) electrons. The van der Waals surface area contributed by atoms with Crippen LogP contribution in [-0.4, -0.2) is 15.5 Å². The fourth-order valence-corrected chi connectivity index (χ4v) is 2.81. The third kappa shape index (κ3) is 1.63. The quantitative estimate of drug-likeness (QED) is 0.844. The Morgan fingerprint density at radius 2 is 2.06 bits per heavy atom. The van der Waals surface area contributed by atoms with E-state index in [1.165, 1.54) is 12.8 Å². The summed E-state index contributed by atoms with van der Waals surface area (Å²) in [4.78, 5) is 15.6. The van der Waals surface area contributed by atoms with E-state index in [1.54, 1.807) is 18.2 Å². The first-order valence-corrected chi connectivity index (χ1v) is 6.24. The molecule has 1 aromatic heterocycles. The molecule has 1 aliphatic rings. The van der Waals surface area contributed by atoms with Crippen LogP contribution >= 0.6 is 0 Å². The molecule has 0 aliphatic heterocycles. The highest BCUT2D eigenvalue weighted by molar-refractivity contribution is 5.96. The molecule has 0 saturated heterocycles. The molecule has 0 spiro atoms. The van der Waals surface area contributed by atoms with Crippen molar-refractivity contribution in [2.45, 2.75) is 31.7 Å². The number of nitrogens with zero attached hydrogens (tertiary/aromatic N) is 2. The predicted octanol–water partition coefficient (Wildman–Crippen LogP) is 1.83. The number of aromatic nitrogens is 2. The van der Waals surface area contributed by atoms with Crippen molar-refractivity contribution in [1.29, 1.82) is 0 Å². The van der Waals surface area contributed by atoms with Crippen LogP contribution in [-0.2, 0) is 0 Å². The van der Waals surface area contributed by atoms with E-state index in [0.717, 1.165) is 23.9 Å². The third-order valence-electron chi connectivity index (χ3n) is 3.69. The average Bonchev–Trinajstić information content (AvgIpc) is 2.93. The summed E-state index contributed by atoms with van der Waals surface area (Å²) in [6, 6.07) is 5.69. The minimum atomic E-state index is -0.422. The lowest BCUT2D eigenvalue weighted by Crippen LogP contribution is -2.12. The van der Waals surface area contributed by atoms with Crippen molar-refractivity contribution >= 4 is 22.9 Å². The highest BCUT2D eigenvalue weighted by Gasteiger charge is 2.21. The standard InChI is InChI=1S/C13H16N4O/c14-12(18)8-5-6-10-11(7-8)17(13(15)16-10)9-3-1-2-4-9/h5-7,9H,1-4H2,(H2,14,18)(H2,15,16). The lowest BCUT2D eigenvalue weighted by Gasteiger charge is -2.14. The van der Waals surface area contributed by atoms with Gasteiger partial charge in [0, 0.05) is 11.6 Å². The molecule has 5 heteroatoms.